The maximum atomic E-state index is 12.0. The van der Waals surface area contributed by atoms with Crippen molar-refractivity contribution >= 4 is 23.3 Å². The van der Waals surface area contributed by atoms with Gasteiger partial charge in [0.25, 0.3) is 0 Å². The number of anilines is 1. The topological polar surface area (TPSA) is 92.5 Å². The lowest BCUT2D eigenvalue weighted by atomic mass is 10.0. The van der Waals surface area contributed by atoms with E-state index in [2.05, 4.69) is 5.32 Å². The number of piperazine rings is 1. The molecule has 0 radical (unpaired) electrons. The molecule has 1 aliphatic heterocycles. The molecule has 100 valence electrons. The largest absolute Gasteiger partial charge is 0.352 e. The molecule has 1 saturated heterocycles. The highest BCUT2D eigenvalue weighted by atomic mass is 16.2. The normalized spacial score (nSPS) is 15.3. The van der Waals surface area contributed by atoms with Crippen molar-refractivity contribution in [3.05, 3.63) is 29.8 Å². The molecule has 6 nitrogen and oxygen atoms in total. The Morgan fingerprint density at radius 3 is 2.47 bits per heavy atom. The van der Waals surface area contributed by atoms with Gasteiger partial charge in [-0.3, -0.25) is 19.7 Å². The second-order valence-electron chi connectivity index (χ2n) is 4.31. The maximum absolute atomic E-state index is 12.0. The Hall–Kier alpha value is -2.21. The third-order valence-corrected chi connectivity index (χ3v) is 2.86. The minimum Gasteiger partial charge on any atom is -0.352 e. The number of nitrogens with two attached hydrogens (primary N) is 1. The lowest BCUT2D eigenvalue weighted by Gasteiger charge is -2.28. The van der Waals surface area contributed by atoms with Gasteiger partial charge >= 0.3 is 0 Å². The van der Waals surface area contributed by atoms with Crippen LogP contribution in [0.4, 0.5) is 5.69 Å². The lowest BCUT2D eigenvalue weighted by Crippen LogP contribution is -2.51. The molecule has 1 aromatic carbocycles. The van der Waals surface area contributed by atoms with E-state index in [0.29, 0.717) is 11.3 Å². The molecule has 0 bridgehead atoms. The summed E-state index contributed by atoms with van der Waals surface area (Å²) in [5.41, 5.74) is 6.48. The highest BCUT2D eigenvalue weighted by Crippen LogP contribution is 2.22. The van der Waals surface area contributed by atoms with Gasteiger partial charge in [0.15, 0.2) is 5.78 Å². The smallest absolute Gasteiger partial charge is 0.246 e. The first-order chi connectivity index (χ1) is 9.11. The number of nitrogens with zero attached hydrogens (tertiary/aromatic N) is 1. The van der Waals surface area contributed by atoms with Crippen LogP contribution in [0.3, 0.4) is 0 Å². The summed E-state index contributed by atoms with van der Waals surface area (Å²) in [6.45, 7) is 0.407. The fourth-order valence-corrected chi connectivity index (χ4v) is 2.06. The number of hydrogen-bond acceptors (Lipinski definition) is 5. The van der Waals surface area contributed by atoms with Crippen LogP contribution in [0.5, 0.6) is 0 Å². The van der Waals surface area contributed by atoms with E-state index in [4.69, 9.17) is 5.73 Å². The van der Waals surface area contributed by atoms with E-state index < -0.39 is 0 Å². The number of carbonyl (C=O) groups is 3. The second-order valence-corrected chi connectivity index (χ2v) is 4.31. The minimum absolute atomic E-state index is 0.0681. The van der Waals surface area contributed by atoms with Gasteiger partial charge in [-0.25, -0.2) is 0 Å². The van der Waals surface area contributed by atoms with E-state index >= 15 is 0 Å². The molecular weight excluding hydrogens is 246 g/mol. The summed E-state index contributed by atoms with van der Waals surface area (Å²) in [4.78, 5) is 36.4. The van der Waals surface area contributed by atoms with Crippen LogP contribution in [0.15, 0.2) is 24.3 Å². The molecule has 2 rings (SSSR count). The van der Waals surface area contributed by atoms with Gasteiger partial charge in [0.05, 0.1) is 13.1 Å². The number of amides is 2. The van der Waals surface area contributed by atoms with Crippen LogP contribution in [0.2, 0.25) is 0 Å². The third kappa shape index (κ3) is 2.97. The van der Waals surface area contributed by atoms with Gasteiger partial charge in [0.1, 0.15) is 0 Å². The standard InChI is InChI=1S/C13H15N3O3/c14-6-5-11(17)9-3-1-2-4-10(9)16-7-12(18)15-13(19)8-16/h1-4H,5-8,14H2,(H,15,18,19). The van der Waals surface area contributed by atoms with Crippen molar-refractivity contribution in [1.82, 2.24) is 5.32 Å². The Bertz CT molecular complexity index is 512. The molecule has 3 N–H and O–H groups in total. The molecule has 2 amide bonds. The SMILES string of the molecule is NCCC(=O)c1ccccc1N1CC(=O)NC(=O)C1. The van der Waals surface area contributed by atoms with E-state index in [1.165, 1.54) is 0 Å². The van der Waals surface area contributed by atoms with Crippen molar-refractivity contribution in [3.63, 3.8) is 0 Å². The zero-order valence-corrected chi connectivity index (χ0v) is 10.4. The number of rotatable bonds is 4. The highest BCUT2D eigenvalue weighted by molar-refractivity contribution is 6.06. The van der Waals surface area contributed by atoms with Crippen LogP contribution in [-0.2, 0) is 9.59 Å². The van der Waals surface area contributed by atoms with Gasteiger partial charge in [0, 0.05) is 17.7 Å². The third-order valence-electron chi connectivity index (χ3n) is 2.86. The van der Waals surface area contributed by atoms with E-state index in [1.54, 1.807) is 29.2 Å². The van der Waals surface area contributed by atoms with Gasteiger partial charge in [-0.15, -0.1) is 0 Å². The number of para-hydroxylation sites is 1. The van der Waals surface area contributed by atoms with E-state index in [1.807, 2.05) is 0 Å². The van der Waals surface area contributed by atoms with Crippen LogP contribution < -0.4 is 16.0 Å². The maximum Gasteiger partial charge on any atom is 0.246 e. The molecule has 1 aromatic rings. The zero-order valence-electron chi connectivity index (χ0n) is 10.4. The summed E-state index contributed by atoms with van der Waals surface area (Å²) >= 11 is 0. The lowest BCUT2D eigenvalue weighted by molar-refractivity contribution is -0.130. The summed E-state index contributed by atoms with van der Waals surface area (Å²) in [5, 5.41) is 2.23. The number of ketones is 1. The number of Topliss-reactive ketones (excluding diaryl/α,β-unsaturated/α-hetero) is 1. The molecular formula is C13H15N3O3. The fraction of sp³-hybridized carbons (Fsp3) is 0.308. The monoisotopic (exact) mass is 261 g/mol. The first kappa shape index (κ1) is 13.2. The second kappa shape index (κ2) is 5.62. The predicted octanol–water partition coefficient (Wildman–Crippen LogP) is -0.319. The predicted molar refractivity (Wildman–Crippen MR) is 69.8 cm³/mol. The van der Waals surface area contributed by atoms with Crippen molar-refractivity contribution in [1.29, 1.82) is 0 Å². The Morgan fingerprint density at radius 2 is 1.84 bits per heavy atom. The Kier molecular flexibility index (Phi) is 3.91. The quantitative estimate of drug-likeness (QED) is 0.572. The molecule has 1 heterocycles. The van der Waals surface area contributed by atoms with Gasteiger partial charge in [0.2, 0.25) is 11.8 Å². The molecule has 0 aromatic heterocycles. The molecule has 1 aliphatic rings. The number of imide groups is 1. The van der Waals surface area contributed by atoms with Crippen molar-refractivity contribution in [2.24, 2.45) is 5.73 Å². The molecule has 0 unspecified atom stereocenters. The first-order valence-corrected chi connectivity index (χ1v) is 6.01. The van der Waals surface area contributed by atoms with Crippen LogP contribution >= 0.6 is 0 Å². The molecule has 0 spiro atoms. The summed E-state index contributed by atoms with van der Waals surface area (Å²) in [6, 6.07) is 6.94. The summed E-state index contributed by atoms with van der Waals surface area (Å²) in [7, 11) is 0. The Labute approximate surface area is 110 Å². The van der Waals surface area contributed by atoms with Crippen LogP contribution in [0.1, 0.15) is 16.8 Å². The number of nitrogens with one attached hydrogen (secondary N) is 1. The van der Waals surface area contributed by atoms with Crippen molar-refractivity contribution in [2.75, 3.05) is 24.5 Å². The van der Waals surface area contributed by atoms with E-state index in [9.17, 15) is 14.4 Å². The van der Waals surface area contributed by atoms with Gasteiger partial charge in [-0.2, -0.15) is 0 Å². The number of hydrogen-bond donors (Lipinski definition) is 2. The molecule has 0 aliphatic carbocycles. The summed E-state index contributed by atoms with van der Waals surface area (Å²) < 4.78 is 0. The first-order valence-electron chi connectivity index (χ1n) is 6.01. The summed E-state index contributed by atoms with van der Waals surface area (Å²) in [6.07, 6.45) is 0.241. The number of benzene rings is 1. The molecule has 6 heteroatoms. The van der Waals surface area contributed by atoms with Crippen LogP contribution in [0, 0.1) is 0 Å². The Morgan fingerprint density at radius 1 is 1.21 bits per heavy atom. The van der Waals surface area contributed by atoms with Crippen molar-refractivity contribution in [2.45, 2.75) is 6.42 Å². The molecule has 1 fully saturated rings. The van der Waals surface area contributed by atoms with Crippen LogP contribution in [-0.4, -0.2) is 37.2 Å². The molecule has 0 atom stereocenters. The Balaban J connectivity index is 2.31. The fourth-order valence-electron chi connectivity index (χ4n) is 2.06. The van der Waals surface area contributed by atoms with Gasteiger partial charge < -0.3 is 10.6 Å². The van der Waals surface area contributed by atoms with Crippen molar-refractivity contribution < 1.29 is 14.4 Å². The highest BCUT2D eigenvalue weighted by Gasteiger charge is 2.25. The number of carbonyl (C=O) groups excluding carboxylic acids is 3. The van der Waals surface area contributed by atoms with Gasteiger partial charge in [-0.1, -0.05) is 12.1 Å². The van der Waals surface area contributed by atoms with Crippen LogP contribution in [0.25, 0.3) is 0 Å². The van der Waals surface area contributed by atoms with E-state index in [-0.39, 0.29) is 43.7 Å². The van der Waals surface area contributed by atoms with Crippen molar-refractivity contribution in [3.8, 4) is 0 Å². The average Bonchev–Trinajstić information content (AvgIpc) is 2.38. The zero-order chi connectivity index (χ0) is 13.8. The van der Waals surface area contributed by atoms with E-state index in [0.717, 1.165) is 0 Å². The summed E-state index contributed by atoms with van der Waals surface area (Å²) in [5.74, 6) is -0.814. The minimum atomic E-state index is -0.364. The molecule has 19 heavy (non-hydrogen) atoms. The molecule has 0 saturated carbocycles. The average molecular weight is 261 g/mol. The van der Waals surface area contributed by atoms with Gasteiger partial charge in [-0.05, 0) is 18.7 Å².